The van der Waals surface area contributed by atoms with E-state index in [0.29, 0.717) is 22.7 Å². The van der Waals surface area contributed by atoms with Crippen LogP contribution < -0.4 is 14.8 Å². The minimum Gasteiger partial charge on any atom is -0.465 e. The molecule has 0 aliphatic carbocycles. The maximum atomic E-state index is 12.0. The average Bonchev–Trinajstić information content (AvgIpc) is 3.13. The van der Waals surface area contributed by atoms with Gasteiger partial charge in [0.15, 0.2) is 18.1 Å². The third-order valence-electron chi connectivity index (χ3n) is 3.53. The summed E-state index contributed by atoms with van der Waals surface area (Å²) in [4.78, 5) is 35.2. The van der Waals surface area contributed by atoms with Crippen molar-refractivity contribution in [2.24, 2.45) is 0 Å². The van der Waals surface area contributed by atoms with Crippen LogP contribution in [0, 0.1) is 0 Å². The molecule has 3 rings (SSSR count). The fourth-order valence-electron chi connectivity index (χ4n) is 2.24. The maximum Gasteiger partial charge on any atom is 0.338 e. The molecule has 0 atom stereocenters. The monoisotopic (exact) mass is 357 g/mol. The number of nitrogens with one attached hydrogen (secondary N) is 1. The molecule has 1 heterocycles. The van der Waals surface area contributed by atoms with Crippen LogP contribution in [0.1, 0.15) is 20.7 Å². The lowest BCUT2D eigenvalue weighted by Gasteiger charge is -2.07. The number of ether oxygens (including phenoxy) is 4. The molecule has 0 radical (unpaired) electrons. The molecule has 1 aliphatic heterocycles. The van der Waals surface area contributed by atoms with Gasteiger partial charge in [-0.3, -0.25) is 4.79 Å². The molecule has 0 saturated heterocycles. The lowest BCUT2D eigenvalue weighted by atomic mass is 10.2. The van der Waals surface area contributed by atoms with Crippen LogP contribution in [-0.2, 0) is 14.3 Å². The maximum absolute atomic E-state index is 12.0. The van der Waals surface area contributed by atoms with E-state index < -0.39 is 24.5 Å². The first-order chi connectivity index (χ1) is 12.6. The van der Waals surface area contributed by atoms with Crippen molar-refractivity contribution in [2.45, 2.75) is 0 Å². The van der Waals surface area contributed by atoms with Gasteiger partial charge >= 0.3 is 11.9 Å². The Morgan fingerprint density at radius 3 is 2.38 bits per heavy atom. The number of methoxy groups -OCH3 is 1. The summed E-state index contributed by atoms with van der Waals surface area (Å²) in [7, 11) is 1.28. The Kier molecular flexibility index (Phi) is 5.02. The number of hydrogen-bond acceptors (Lipinski definition) is 7. The minimum atomic E-state index is -0.653. The highest BCUT2D eigenvalue weighted by Crippen LogP contribution is 2.32. The second-order valence-corrected chi connectivity index (χ2v) is 5.26. The second-order valence-electron chi connectivity index (χ2n) is 5.26. The summed E-state index contributed by atoms with van der Waals surface area (Å²) in [5.41, 5.74) is 1.07. The second kappa shape index (κ2) is 7.56. The lowest BCUT2D eigenvalue weighted by molar-refractivity contribution is -0.119. The van der Waals surface area contributed by atoms with E-state index in [9.17, 15) is 14.4 Å². The first-order valence-corrected chi connectivity index (χ1v) is 7.62. The number of benzene rings is 2. The number of hydrogen-bond donors (Lipinski definition) is 1. The summed E-state index contributed by atoms with van der Waals surface area (Å²) in [6.45, 7) is -0.350. The number of fused-ring (bicyclic) bond motifs is 1. The molecule has 26 heavy (non-hydrogen) atoms. The first-order valence-electron chi connectivity index (χ1n) is 7.62. The minimum absolute atomic E-state index is 0.102. The highest BCUT2D eigenvalue weighted by atomic mass is 16.7. The predicted octanol–water partition coefficient (Wildman–Crippen LogP) is 2.00. The van der Waals surface area contributed by atoms with Crippen molar-refractivity contribution in [3.05, 3.63) is 53.6 Å². The number of anilines is 1. The fourth-order valence-corrected chi connectivity index (χ4v) is 2.24. The molecule has 0 fully saturated rings. The SMILES string of the molecule is COC(=O)c1ccc(NC(=O)COC(=O)c2ccc3c(c2)OCO3)cc1. The molecule has 2 aromatic rings. The van der Waals surface area contributed by atoms with E-state index in [1.807, 2.05) is 0 Å². The molecule has 0 spiro atoms. The molecular formula is C18H15NO7. The van der Waals surface area contributed by atoms with Crippen molar-refractivity contribution in [1.29, 1.82) is 0 Å². The smallest absolute Gasteiger partial charge is 0.338 e. The van der Waals surface area contributed by atoms with Crippen LogP contribution in [0.2, 0.25) is 0 Å². The zero-order valence-electron chi connectivity index (χ0n) is 13.8. The summed E-state index contributed by atoms with van der Waals surface area (Å²) in [5, 5.41) is 2.56. The van der Waals surface area contributed by atoms with E-state index in [1.54, 1.807) is 18.2 Å². The van der Waals surface area contributed by atoms with E-state index in [2.05, 4.69) is 10.1 Å². The van der Waals surface area contributed by atoms with Crippen molar-refractivity contribution < 1.29 is 33.3 Å². The van der Waals surface area contributed by atoms with Crippen molar-refractivity contribution in [3.63, 3.8) is 0 Å². The summed E-state index contributed by atoms with van der Waals surface area (Å²) in [6.07, 6.45) is 0. The Morgan fingerprint density at radius 1 is 0.962 bits per heavy atom. The number of rotatable bonds is 5. The van der Waals surface area contributed by atoms with Gasteiger partial charge in [-0.25, -0.2) is 9.59 Å². The average molecular weight is 357 g/mol. The third-order valence-corrected chi connectivity index (χ3v) is 3.53. The van der Waals surface area contributed by atoms with Gasteiger partial charge in [-0.1, -0.05) is 0 Å². The van der Waals surface area contributed by atoms with E-state index in [4.69, 9.17) is 14.2 Å². The lowest BCUT2D eigenvalue weighted by Crippen LogP contribution is -2.21. The molecule has 1 amide bonds. The highest BCUT2D eigenvalue weighted by Gasteiger charge is 2.17. The highest BCUT2D eigenvalue weighted by molar-refractivity contribution is 5.96. The van der Waals surface area contributed by atoms with Gasteiger partial charge in [-0.2, -0.15) is 0 Å². The van der Waals surface area contributed by atoms with Gasteiger partial charge in [0.25, 0.3) is 5.91 Å². The van der Waals surface area contributed by atoms with Crippen LogP contribution in [0.25, 0.3) is 0 Å². The fraction of sp³-hybridized carbons (Fsp3) is 0.167. The molecular weight excluding hydrogens is 342 g/mol. The number of carbonyl (C=O) groups excluding carboxylic acids is 3. The Hall–Kier alpha value is -3.55. The molecule has 8 nitrogen and oxygen atoms in total. The van der Waals surface area contributed by atoms with E-state index in [-0.39, 0.29) is 12.4 Å². The van der Waals surface area contributed by atoms with Crippen LogP contribution in [0.5, 0.6) is 11.5 Å². The summed E-state index contributed by atoms with van der Waals surface area (Å²) < 4.78 is 19.9. The van der Waals surface area contributed by atoms with Gasteiger partial charge in [0, 0.05) is 5.69 Å². The standard InChI is InChI=1S/C18H15NO7/c1-23-17(21)11-2-5-13(6-3-11)19-16(20)9-24-18(22)12-4-7-14-15(8-12)26-10-25-14/h2-8H,9-10H2,1H3,(H,19,20). The number of esters is 2. The molecule has 1 N–H and O–H groups in total. The van der Waals surface area contributed by atoms with Gasteiger partial charge in [0.1, 0.15) is 0 Å². The van der Waals surface area contributed by atoms with Crippen molar-refractivity contribution in [3.8, 4) is 11.5 Å². The normalized spacial score (nSPS) is 11.6. The Balaban J connectivity index is 1.52. The molecule has 0 unspecified atom stereocenters. The Morgan fingerprint density at radius 2 is 1.65 bits per heavy atom. The zero-order valence-corrected chi connectivity index (χ0v) is 13.8. The molecule has 0 saturated carbocycles. The van der Waals surface area contributed by atoms with Gasteiger partial charge < -0.3 is 24.3 Å². The topological polar surface area (TPSA) is 100 Å². The Bertz CT molecular complexity index is 845. The molecule has 134 valence electrons. The van der Waals surface area contributed by atoms with Crippen LogP contribution in [0.3, 0.4) is 0 Å². The van der Waals surface area contributed by atoms with Crippen LogP contribution >= 0.6 is 0 Å². The quantitative estimate of drug-likeness (QED) is 0.817. The molecule has 0 aromatic heterocycles. The molecule has 8 heteroatoms. The van der Waals surface area contributed by atoms with Crippen LogP contribution in [0.4, 0.5) is 5.69 Å². The van der Waals surface area contributed by atoms with Crippen LogP contribution in [-0.4, -0.2) is 38.4 Å². The van der Waals surface area contributed by atoms with E-state index in [0.717, 1.165) is 0 Å². The predicted molar refractivity (Wildman–Crippen MR) is 89.3 cm³/mol. The summed E-state index contributed by atoms with van der Waals surface area (Å²) in [5.74, 6) is -0.630. The summed E-state index contributed by atoms with van der Waals surface area (Å²) in [6, 6.07) is 10.7. The first kappa shape index (κ1) is 17.3. The van der Waals surface area contributed by atoms with Gasteiger partial charge in [0.2, 0.25) is 6.79 Å². The molecule has 0 bridgehead atoms. The third kappa shape index (κ3) is 3.92. The van der Waals surface area contributed by atoms with E-state index in [1.165, 1.54) is 31.4 Å². The zero-order chi connectivity index (χ0) is 18.5. The summed E-state index contributed by atoms with van der Waals surface area (Å²) >= 11 is 0. The number of amides is 1. The van der Waals surface area contributed by atoms with Crippen LogP contribution in [0.15, 0.2) is 42.5 Å². The molecule has 2 aromatic carbocycles. The van der Waals surface area contributed by atoms with E-state index >= 15 is 0 Å². The van der Waals surface area contributed by atoms with Crippen molar-refractivity contribution >= 4 is 23.5 Å². The van der Waals surface area contributed by atoms with Crippen molar-refractivity contribution in [1.82, 2.24) is 0 Å². The molecule has 1 aliphatic rings. The largest absolute Gasteiger partial charge is 0.465 e. The number of carbonyl (C=O) groups is 3. The Labute approximate surface area is 148 Å². The van der Waals surface area contributed by atoms with Gasteiger partial charge in [0.05, 0.1) is 18.2 Å². The van der Waals surface area contributed by atoms with Gasteiger partial charge in [-0.05, 0) is 42.5 Å². The van der Waals surface area contributed by atoms with Gasteiger partial charge in [-0.15, -0.1) is 0 Å². The van der Waals surface area contributed by atoms with Crippen molar-refractivity contribution in [2.75, 3.05) is 25.8 Å².